The van der Waals surface area contributed by atoms with Crippen molar-refractivity contribution in [3.8, 4) is 0 Å². The van der Waals surface area contributed by atoms with Gasteiger partial charge in [0.25, 0.3) is 0 Å². The lowest BCUT2D eigenvalue weighted by Crippen LogP contribution is -2.38. The average molecular weight is 380 g/mol. The van der Waals surface area contributed by atoms with Crippen LogP contribution < -0.4 is 5.73 Å². The van der Waals surface area contributed by atoms with Gasteiger partial charge in [0.15, 0.2) is 5.96 Å². The molecule has 0 aliphatic carbocycles. The first-order valence-electron chi connectivity index (χ1n) is 6.22. The van der Waals surface area contributed by atoms with Gasteiger partial charge in [-0.15, -0.1) is 35.3 Å². The number of nitrogens with two attached hydrogens (primary N) is 1. The molecule has 2 heterocycles. The summed E-state index contributed by atoms with van der Waals surface area (Å²) >= 11 is 1.69. The van der Waals surface area contributed by atoms with Crippen LogP contribution in [0.4, 0.5) is 0 Å². The molecule has 1 aromatic rings. The van der Waals surface area contributed by atoms with Crippen molar-refractivity contribution in [3.63, 3.8) is 0 Å². The number of hydrogen-bond acceptors (Lipinski definition) is 3. The molecule has 2 rings (SSSR count). The van der Waals surface area contributed by atoms with Crippen LogP contribution in [0.2, 0.25) is 0 Å². The van der Waals surface area contributed by atoms with Crippen molar-refractivity contribution in [1.29, 1.82) is 0 Å². The van der Waals surface area contributed by atoms with Gasteiger partial charge in [-0.25, -0.2) is 9.98 Å². The molecular weight excluding hydrogens is 359 g/mol. The minimum atomic E-state index is 0. The van der Waals surface area contributed by atoms with Crippen LogP contribution in [-0.4, -0.2) is 28.9 Å². The number of aromatic nitrogens is 1. The van der Waals surface area contributed by atoms with Gasteiger partial charge in [-0.1, -0.05) is 12.8 Å². The van der Waals surface area contributed by atoms with Gasteiger partial charge in [0, 0.05) is 24.2 Å². The Bertz CT molecular complexity index is 383. The fourth-order valence-electron chi connectivity index (χ4n) is 2.04. The summed E-state index contributed by atoms with van der Waals surface area (Å²) in [6.07, 6.45) is 6.99. The zero-order valence-electron chi connectivity index (χ0n) is 10.8. The third kappa shape index (κ3) is 4.72. The van der Waals surface area contributed by atoms with Crippen molar-refractivity contribution in [2.45, 2.75) is 39.2 Å². The van der Waals surface area contributed by atoms with Crippen molar-refractivity contribution >= 4 is 41.3 Å². The second kappa shape index (κ2) is 7.93. The maximum absolute atomic E-state index is 6.03. The van der Waals surface area contributed by atoms with Gasteiger partial charge in [0.05, 0.1) is 11.6 Å². The Balaban J connectivity index is 0.00000162. The molecule has 2 N–H and O–H groups in total. The first-order valence-corrected chi connectivity index (χ1v) is 7.03. The smallest absolute Gasteiger partial charge is 0.191 e. The van der Waals surface area contributed by atoms with E-state index in [0.29, 0.717) is 12.5 Å². The van der Waals surface area contributed by atoms with Crippen LogP contribution in [0.5, 0.6) is 0 Å². The van der Waals surface area contributed by atoms with E-state index in [1.807, 2.05) is 13.1 Å². The van der Waals surface area contributed by atoms with Crippen LogP contribution in [0, 0.1) is 6.92 Å². The van der Waals surface area contributed by atoms with Crippen molar-refractivity contribution in [1.82, 2.24) is 9.88 Å². The summed E-state index contributed by atoms with van der Waals surface area (Å²) in [4.78, 5) is 12.1. The normalized spacial score (nSPS) is 17.2. The Labute approximate surface area is 130 Å². The molecule has 1 aliphatic rings. The monoisotopic (exact) mass is 380 g/mol. The van der Waals surface area contributed by atoms with Crippen molar-refractivity contribution < 1.29 is 0 Å². The molecule has 0 bridgehead atoms. The SMILES string of the molecule is Cc1ncc(CN=C(N)N2CCCCCC2)s1.I. The van der Waals surface area contributed by atoms with Gasteiger partial charge in [-0.05, 0) is 19.8 Å². The van der Waals surface area contributed by atoms with Crippen LogP contribution in [0.3, 0.4) is 0 Å². The van der Waals surface area contributed by atoms with Gasteiger partial charge in [-0.2, -0.15) is 0 Å². The summed E-state index contributed by atoms with van der Waals surface area (Å²) in [6, 6.07) is 0. The molecular formula is C12H21IN4S. The molecule has 0 aromatic carbocycles. The highest BCUT2D eigenvalue weighted by Crippen LogP contribution is 2.13. The second-order valence-corrected chi connectivity index (χ2v) is 5.74. The quantitative estimate of drug-likeness (QED) is 0.488. The predicted molar refractivity (Wildman–Crippen MR) is 87.6 cm³/mol. The Morgan fingerprint density at radius 3 is 2.61 bits per heavy atom. The zero-order chi connectivity index (χ0) is 12.1. The van der Waals surface area contributed by atoms with E-state index in [1.54, 1.807) is 11.3 Å². The van der Waals surface area contributed by atoms with E-state index < -0.39 is 0 Å². The Hall–Kier alpha value is -0.370. The number of aryl methyl sites for hydroxylation is 1. The van der Waals surface area contributed by atoms with Crippen molar-refractivity contribution in [2.75, 3.05) is 13.1 Å². The number of hydrogen-bond donors (Lipinski definition) is 1. The van der Waals surface area contributed by atoms with Gasteiger partial charge in [0.2, 0.25) is 0 Å². The molecule has 1 aliphatic heterocycles. The van der Waals surface area contributed by atoms with E-state index in [9.17, 15) is 0 Å². The Morgan fingerprint density at radius 2 is 2.06 bits per heavy atom. The van der Waals surface area contributed by atoms with Crippen molar-refractivity contribution in [3.05, 3.63) is 16.1 Å². The number of thiazole rings is 1. The van der Waals surface area contributed by atoms with Gasteiger partial charge in [0.1, 0.15) is 0 Å². The molecule has 0 atom stereocenters. The fraction of sp³-hybridized carbons (Fsp3) is 0.667. The number of rotatable bonds is 2. The summed E-state index contributed by atoms with van der Waals surface area (Å²) in [7, 11) is 0. The topological polar surface area (TPSA) is 54.5 Å². The number of halogens is 1. The molecule has 1 fully saturated rings. The highest BCUT2D eigenvalue weighted by Gasteiger charge is 2.10. The van der Waals surface area contributed by atoms with Crippen LogP contribution in [0.25, 0.3) is 0 Å². The maximum atomic E-state index is 6.03. The molecule has 1 aromatic heterocycles. The summed E-state index contributed by atoms with van der Waals surface area (Å²) in [5, 5.41) is 1.09. The fourth-order valence-corrected chi connectivity index (χ4v) is 2.76. The first kappa shape index (κ1) is 15.7. The molecule has 0 amide bonds. The van der Waals surface area contributed by atoms with Crippen molar-refractivity contribution in [2.24, 2.45) is 10.7 Å². The number of likely N-dealkylation sites (tertiary alicyclic amines) is 1. The third-order valence-electron chi connectivity index (χ3n) is 3.00. The summed E-state index contributed by atoms with van der Waals surface area (Å²) in [6.45, 7) is 4.78. The largest absolute Gasteiger partial charge is 0.370 e. The van der Waals surface area contributed by atoms with Crippen LogP contribution in [0.15, 0.2) is 11.2 Å². The van der Waals surface area contributed by atoms with E-state index in [2.05, 4.69) is 14.9 Å². The number of aliphatic imine (C=N–C) groups is 1. The molecule has 1 saturated heterocycles. The minimum absolute atomic E-state index is 0. The van der Waals surface area contributed by atoms with Gasteiger partial charge in [-0.3, -0.25) is 0 Å². The van der Waals surface area contributed by atoms with E-state index in [4.69, 9.17) is 5.73 Å². The molecule has 0 radical (unpaired) electrons. The Kier molecular flexibility index (Phi) is 6.91. The van der Waals surface area contributed by atoms with Crippen LogP contribution in [0.1, 0.15) is 35.6 Å². The molecule has 0 spiro atoms. The van der Waals surface area contributed by atoms with E-state index in [0.717, 1.165) is 18.1 Å². The molecule has 18 heavy (non-hydrogen) atoms. The number of guanidine groups is 1. The highest BCUT2D eigenvalue weighted by molar-refractivity contribution is 14.0. The van der Waals surface area contributed by atoms with E-state index >= 15 is 0 Å². The molecule has 6 heteroatoms. The summed E-state index contributed by atoms with van der Waals surface area (Å²) in [5.74, 6) is 0.693. The molecule has 0 saturated carbocycles. The lowest BCUT2D eigenvalue weighted by molar-refractivity contribution is 0.428. The number of nitrogens with zero attached hydrogens (tertiary/aromatic N) is 3. The third-order valence-corrected chi connectivity index (χ3v) is 3.89. The molecule has 4 nitrogen and oxygen atoms in total. The molecule has 0 unspecified atom stereocenters. The summed E-state index contributed by atoms with van der Waals surface area (Å²) in [5.41, 5.74) is 6.03. The molecule has 102 valence electrons. The standard InChI is InChI=1S/C12H20N4S.HI/c1-10-14-8-11(17-10)9-15-12(13)16-6-4-2-3-5-7-16;/h8H,2-7,9H2,1H3,(H2,13,15);1H. The highest BCUT2D eigenvalue weighted by atomic mass is 127. The lowest BCUT2D eigenvalue weighted by Gasteiger charge is -2.20. The summed E-state index contributed by atoms with van der Waals surface area (Å²) < 4.78 is 0. The minimum Gasteiger partial charge on any atom is -0.370 e. The van der Waals surface area contributed by atoms with E-state index in [1.165, 1.54) is 30.6 Å². The second-order valence-electron chi connectivity index (χ2n) is 4.42. The zero-order valence-corrected chi connectivity index (χ0v) is 13.9. The van der Waals surface area contributed by atoms with Gasteiger partial charge >= 0.3 is 0 Å². The first-order chi connectivity index (χ1) is 8.25. The van der Waals surface area contributed by atoms with Crippen LogP contribution in [-0.2, 0) is 6.54 Å². The van der Waals surface area contributed by atoms with Gasteiger partial charge < -0.3 is 10.6 Å². The average Bonchev–Trinajstić information content (AvgIpc) is 2.58. The lowest BCUT2D eigenvalue weighted by atomic mass is 10.2. The van der Waals surface area contributed by atoms with E-state index in [-0.39, 0.29) is 24.0 Å². The maximum Gasteiger partial charge on any atom is 0.191 e. The Morgan fingerprint density at radius 1 is 1.39 bits per heavy atom. The van der Waals surface area contributed by atoms with Crippen LogP contribution >= 0.6 is 35.3 Å². The predicted octanol–water partition coefficient (Wildman–Crippen LogP) is 2.76.